The Labute approximate surface area is 228 Å². The minimum Gasteiger partial charge on any atom is -0.369 e. The Morgan fingerprint density at radius 1 is 1.16 bits per heavy atom. The number of aromatic nitrogens is 2. The van der Waals surface area contributed by atoms with Crippen molar-refractivity contribution in [2.45, 2.75) is 18.5 Å². The fraction of sp³-hybridized carbons (Fsp3) is 0.280. The average molecular weight is 558 g/mol. The molecule has 9 nitrogen and oxygen atoms in total. The van der Waals surface area contributed by atoms with Crippen molar-refractivity contribution in [3.05, 3.63) is 63.8 Å². The number of para-hydroxylation sites is 1. The number of rotatable bonds is 6. The Morgan fingerprint density at radius 3 is 2.65 bits per heavy atom. The van der Waals surface area contributed by atoms with E-state index in [-0.39, 0.29) is 11.8 Å². The quantitative estimate of drug-likeness (QED) is 0.386. The number of nitrogens with zero attached hydrogens (tertiary/aromatic N) is 4. The van der Waals surface area contributed by atoms with E-state index >= 15 is 0 Å². The second kappa shape index (κ2) is 11.1. The fourth-order valence-electron chi connectivity index (χ4n) is 4.29. The number of carbonyl (C=O) groups excluding carboxylic acids is 2. The van der Waals surface area contributed by atoms with E-state index in [0.717, 1.165) is 43.1 Å². The van der Waals surface area contributed by atoms with Crippen molar-refractivity contribution in [3.8, 4) is 0 Å². The van der Waals surface area contributed by atoms with E-state index in [1.165, 1.54) is 29.8 Å². The van der Waals surface area contributed by atoms with Crippen LogP contribution < -0.4 is 25.8 Å². The summed E-state index contributed by atoms with van der Waals surface area (Å²) in [4.78, 5) is 37.6. The van der Waals surface area contributed by atoms with Crippen LogP contribution in [0.4, 0.5) is 23.0 Å². The van der Waals surface area contributed by atoms with E-state index in [9.17, 15) is 9.59 Å². The highest BCUT2D eigenvalue weighted by Gasteiger charge is 2.30. The summed E-state index contributed by atoms with van der Waals surface area (Å²) in [6.07, 6.45) is 1.52. The van der Waals surface area contributed by atoms with Crippen LogP contribution in [-0.2, 0) is 11.3 Å². The largest absolute Gasteiger partial charge is 0.369 e. The number of amides is 2. The van der Waals surface area contributed by atoms with Gasteiger partial charge < -0.3 is 20.9 Å². The molecule has 3 heterocycles. The molecule has 0 radical (unpaired) electrons. The van der Waals surface area contributed by atoms with Crippen LogP contribution in [0.3, 0.4) is 0 Å². The number of nitrogens with one attached hydrogen (secondary N) is 3. The third kappa shape index (κ3) is 5.62. The van der Waals surface area contributed by atoms with Crippen molar-refractivity contribution >= 4 is 69.8 Å². The maximum Gasteiger partial charge on any atom is 0.263 e. The Morgan fingerprint density at radius 2 is 1.92 bits per heavy atom. The molecule has 37 heavy (non-hydrogen) atoms. The summed E-state index contributed by atoms with van der Waals surface area (Å²) in [6, 6.07) is 11.2. The zero-order valence-corrected chi connectivity index (χ0v) is 22.4. The molecule has 5 rings (SSSR count). The van der Waals surface area contributed by atoms with E-state index in [2.05, 4.69) is 30.8 Å². The molecule has 0 spiro atoms. The topological polar surface area (TPSA) is 102 Å². The zero-order chi connectivity index (χ0) is 25.9. The molecule has 12 heteroatoms. The molecule has 0 unspecified atom stereocenters. The summed E-state index contributed by atoms with van der Waals surface area (Å²) in [5.41, 5.74) is 3.74. The molecule has 2 aliphatic heterocycles. The van der Waals surface area contributed by atoms with Crippen LogP contribution in [0.15, 0.2) is 47.6 Å². The number of hydrogen-bond acceptors (Lipinski definition) is 8. The number of fused-ring (bicyclic) bond motifs is 1. The molecule has 0 bridgehead atoms. The molecule has 2 amide bonds. The molecular formula is C25H25Cl2N7O2S. The first-order chi connectivity index (χ1) is 17.9. The Hall–Kier alpha value is -3.05. The Kier molecular flexibility index (Phi) is 7.71. The van der Waals surface area contributed by atoms with E-state index in [4.69, 9.17) is 23.2 Å². The van der Waals surface area contributed by atoms with Gasteiger partial charge in [-0.05, 0) is 35.9 Å². The highest BCUT2D eigenvalue weighted by molar-refractivity contribution is 7.99. The molecule has 1 aromatic heterocycles. The van der Waals surface area contributed by atoms with Gasteiger partial charge in [-0.25, -0.2) is 9.97 Å². The molecule has 1 saturated heterocycles. The summed E-state index contributed by atoms with van der Waals surface area (Å²) < 4.78 is 0. The average Bonchev–Trinajstić information content (AvgIpc) is 2.89. The first-order valence-corrected chi connectivity index (χ1v) is 13.5. The number of piperazine rings is 1. The number of benzene rings is 2. The van der Waals surface area contributed by atoms with Gasteiger partial charge in [0.05, 0.1) is 27.2 Å². The molecule has 192 valence electrons. The SMILES string of the molecule is CC(=O)NCc1cc(Nc2ncc3c(n2)SCN(c2c(Cl)cccc2Cl)C3=O)ccc1N1CCNCC1. The number of halogens is 2. The lowest BCUT2D eigenvalue weighted by molar-refractivity contribution is -0.119. The van der Waals surface area contributed by atoms with Crippen LogP contribution in [0.25, 0.3) is 0 Å². The van der Waals surface area contributed by atoms with Gasteiger partial charge in [-0.15, -0.1) is 0 Å². The Bertz CT molecular complexity index is 1330. The van der Waals surface area contributed by atoms with Gasteiger partial charge in [0.2, 0.25) is 11.9 Å². The number of carbonyl (C=O) groups is 2. The van der Waals surface area contributed by atoms with Crippen LogP contribution in [0.2, 0.25) is 10.0 Å². The van der Waals surface area contributed by atoms with Crippen molar-refractivity contribution < 1.29 is 9.59 Å². The molecular weight excluding hydrogens is 533 g/mol. The summed E-state index contributed by atoms with van der Waals surface area (Å²) in [7, 11) is 0. The standard InChI is InChI=1S/C25H25Cl2N7O2S/c1-15(35)29-12-16-11-17(5-6-21(16)33-9-7-28-8-10-33)31-25-30-13-18-23(32-25)37-14-34(24(18)36)22-19(26)3-2-4-20(22)27/h2-6,11,13,28H,7-10,12,14H2,1H3,(H,29,35)(H,30,31,32). The lowest BCUT2D eigenvalue weighted by Gasteiger charge is -2.31. The van der Waals surface area contributed by atoms with Gasteiger partial charge in [0.15, 0.2) is 0 Å². The highest BCUT2D eigenvalue weighted by atomic mass is 35.5. The van der Waals surface area contributed by atoms with Gasteiger partial charge in [-0.2, -0.15) is 0 Å². The molecule has 0 aliphatic carbocycles. The van der Waals surface area contributed by atoms with Crippen molar-refractivity contribution in [1.82, 2.24) is 20.6 Å². The van der Waals surface area contributed by atoms with Gasteiger partial charge in [0.25, 0.3) is 5.91 Å². The monoisotopic (exact) mass is 557 g/mol. The van der Waals surface area contributed by atoms with Crippen molar-refractivity contribution in [2.24, 2.45) is 0 Å². The predicted octanol–water partition coefficient (Wildman–Crippen LogP) is 4.28. The van der Waals surface area contributed by atoms with E-state index in [1.54, 1.807) is 18.2 Å². The normalized spacial score (nSPS) is 15.4. The third-order valence-electron chi connectivity index (χ3n) is 6.09. The maximum atomic E-state index is 13.2. The van der Waals surface area contributed by atoms with E-state index in [1.807, 2.05) is 18.2 Å². The first kappa shape index (κ1) is 25.6. The molecule has 0 atom stereocenters. The van der Waals surface area contributed by atoms with Crippen LogP contribution >= 0.6 is 35.0 Å². The third-order valence-corrected chi connectivity index (χ3v) is 7.67. The van der Waals surface area contributed by atoms with E-state index < -0.39 is 0 Å². The molecule has 0 saturated carbocycles. The highest BCUT2D eigenvalue weighted by Crippen LogP contribution is 2.39. The maximum absolute atomic E-state index is 13.2. The second-order valence-corrected chi connectivity index (χ2v) is 10.4. The van der Waals surface area contributed by atoms with Crippen LogP contribution in [0, 0.1) is 0 Å². The van der Waals surface area contributed by atoms with Crippen molar-refractivity contribution in [2.75, 3.05) is 47.2 Å². The van der Waals surface area contributed by atoms with Gasteiger partial charge >= 0.3 is 0 Å². The lowest BCUT2D eigenvalue weighted by Crippen LogP contribution is -2.44. The number of hydrogen-bond donors (Lipinski definition) is 3. The van der Waals surface area contributed by atoms with Crippen LogP contribution in [0.1, 0.15) is 22.8 Å². The van der Waals surface area contributed by atoms with Gasteiger partial charge in [0, 0.05) is 57.2 Å². The smallest absolute Gasteiger partial charge is 0.263 e. The molecule has 2 aliphatic rings. The van der Waals surface area contributed by atoms with Crippen LogP contribution in [0.5, 0.6) is 0 Å². The summed E-state index contributed by atoms with van der Waals surface area (Å²) in [5.74, 6) is 0.361. The predicted molar refractivity (Wildman–Crippen MR) is 148 cm³/mol. The molecule has 1 fully saturated rings. The fourth-order valence-corrected chi connectivity index (χ4v) is 5.84. The van der Waals surface area contributed by atoms with Gasteiger partial charge in [-0.1, -0.05) is 41.0 Å². The molecule has 3 aromatic rings. The van der Waals surface area contributed by atoms with E-state index in [0.29, 0.717) is 44.7 Å². The van der Waals surface area contributed by atoms with Gasteiger partial charge in [0.1, 0.15) is 5.03 Å². The van der Waals surface area contributed by atoms with Gasteiger partial charge in [-0.3, -0.25) is 14.5 Å². The first-order valence-electron chi connectivity index (χ1n) is 11.8. The minimum atomic E-state index is -0.256. The number of anilines is 4. The summed E-state index contributed by atoms with van der Waals surface area (Å²) >= 11 is 14.1. The number of thioether (sulfide) groups is 1. The second-order valence-electron chi connectivity index (χ2n) is 8.60. The Balaban J connectivity index is 1.37. The van der Waals surface area contributed by atoms with Crippen molar-refractivity contribution in [1.29, 1.82) is 0 Å². The minimum absolute atomic E-state index is 0.0866. The molecule has 3 N–H and O–H groups in total. The summed E-state index contributed by atoms with van der Waals surface area (Å²) in [5, 5.41) is 10.9. The lowest BCUT2D eigenvalue weighted by atomic mass is 10.1. The van der Waals surface area contributed by atoms with Crippen LogP contribution in [-0.4, -0.2) is 53.8 Å². The van der Waals surface area contributed by atoms with Crippen molar-refractivity contribution in [3.63, 3.8) is 0 Å². The zero-order valence-electron chi connectivity index (χ0n) is 20.1. The summed E-state index contributed by atoms with van der Waals surface area (Å²) in [6.45, 7) is 5.55. The molecule has 2 aromatic carbocycles.